The van der Waals surface area contributed by atoms with Crippen LogP contribution in [0.3, 0.4) is 0 Å². The van der Waals surface area contributed by atoms with Crippen molar-refractivity contribution in [3.05, 3.63) is 17.7 Å². The number of methoxy groups -OCH3 is 3. The van der Waals surface area contributed by atoms with E-state index in [1.165, 1.54) is 6.42 Å². The van der Waals surface area contributed by atoms with Gasteiger partial charge in [-0.15, -0.1) is 0 Å². The number of hydrogen-bond donors (Lipinski definition) is 1. The van der Waals surface area contributed by atoms with Gasteiger partial charge in [-0.05, 0) is 30.9 Å². The molecule has 2 unspecified atom stereocenters. The highest BCUT2D eigenvalue weighted by molar-refractivity contribution is 5.50. The molecule has 1 fully saturated rings. The van der Waals surface area contributed by atoms with Crippen molar-refractivity contribution in [1.29, 1.82) is 0 Å². The molecule has 1 aliphatic rings. The second-order valence-electron chi connectivity index (χ2n) is 5.12. The van der Waals surface area contributed by atoms with Crippen LogP contribution in [0, 0.1) is 11.8 Å². The fourth-order valence-corrected chi connectivity index (χ4v) is 2.31. The Morgan fingerprint density at radius 2 is 1.63 bits per heavy atom. The van der Waals surface area contributed by atoms with Crippen molar-refractivity contribution in [2.45, 2.75) is 19.9 Å². The van der Waals surface area contributed by atoms with Crippen LogP contribution in [0.4, 0.5) is 0 Å². The first-order valence-electron chi connectivity index (χ1n) is 6.69. The van der Waals surface area contributed by atoms with Gasteiger partial charge in [0.2, 0.25) is 0 Å². The minimum Gasteiger partial charge on any atom is -0.496 e. The molecule has 4 heteroatoms. The van der Waals surface area contributed by atoms with Crippen molar-refractivity contribution >= 4 is 0 Å². The summed E-state index contributed by atoms with van der Waals surface area (Å²) in [6.07, 6.45) is 1.34. The largest absolute Gasteiger partial charge is 0.496 e. The van der Waals surface area contributed by atoms with Crippen LogP contribution < -0.4 is 19.5 Å². The van der Waals surface area contributed by atoms with E-state index in [-0.39, 0.29) is 0 Å². The highest BCUT2D eigenvalue weighted by Crippen LogP contribution is 2.37. The average molecular weight is 265 g/mol. The van der Waals surface area contributed by atoms with Crippen molar-refractivity contribution in [2.24, 2.45) is 11.8 Å². The third-order valence-electron chi connectivity index (χ3n) is 3.78. The zero-order valence-electron chi connectivity index (χ0n) is 12.2. The minimum atomic E-state index is 0.693. The third kappa shape index (κ3) is 3.32. The molecule has 1 aromatic carbocycles. The van der Waals surface area contributed by atoms with E-state index in [9.17, 15) is 0 Å². The van der Waals surface area contributed by atoms with Crippen LogP contribution in [0.1, 0.15) is 18.9 Å². The first-order chi connectivity index (χ1) is 9.19. The molecule has 2 rings (SSSR count). The Hall–Kier alpha value is -1.42. The van der Waals surface area contributed by atoms with Gasteiger partial charge in [-0.2, -0.15) is 0 Å². The van der Waals surface area contributed by atoms with Crippen molar-refractivity contribution in [3.8, 4) is 17.2 Å². The number of hydrogen-bond acceptors (Lipinski definition) is 4. The summed E-state index contributed by atoms with van der Waals surface area (Å²) in [4.78, 5) is 0. The molecular weight excluding hydrogens is 242 g/mol. The van der Waals surface area contributed by atoms with Gasteiger partial charge >= 0.3 is 0 Å². The minimum absolute atomic E-state index is 0.693. The van der Waals surface area contributed by atoms with Crippen molar-refractivity contribution in [2.75, 3.05) is 27.9 Å². The normalized spacial score (nSPS) is 21.1. The van der Waals surface area contributed by atoms with Crippen LogP contribution >= 0.6 is 0 Å². The fraction of sp³-hybridized carbons (Fsp3) is 0.600. The Bertz CT molecular complexity index is 434. The van der Waals surface area contributed by atoms with Gasteiger partial charge in [-0.25, -0.2) is 0 Å². The lowest BCUT2D eigenvalue weighted by Gasteiger charge is -2.14. The Morgan fingerprint density at radius 3 is 2.16 bits per heavy atom. The lowest BCUT2D eigenvalue weighted by molar-refractivity contribution is 0.347. The van der Waals surface area contributed by atoms with Gasteiger partial charge in [-0.3, -0.25) is 0 Å². The first-order valence-corrected chi connectivity index (χ1v) is 6.69. The molecule has 0 spiro atoms. The predicted octanol–water partition coefficient (Wildman–Crippen LogP) is 2.46. The molecule has 106 valence electrons. The summed E-state index contributed by atoms with van der Waals surface area (Å²) in [5.41, 5.74) is 1.09. The van der Waals surface area contributed by atoms with Crippen LogP contribution in [0.5, 0.6) is 17.2 Å². The van der Waals surface area contributed by atoms with Crippen LogP contribution in [0.15, 0.2) is 12.1 Å². The van der Waals surface area contributed by atoms with Gasteiger partial charge in [0.05, 0.1) is 21.3 Å². The van der Waals surface area contributed by atoms with E-state index in [4.69, 9.17) is 14.2 Å². The molecule has 0 amide bonds. The molecule has 0 bridgehead atoms. The van der Waals surface area contributed by atoms with E-state index in [1.807, 2.05) is 12.1 Å². The van der Waals surface area contributed by atoms with Gasteiger partial charge in [0.25, 0.3) is 0 Å². The van der Waals surface area contributed by atoms with E-state index in [2.05, 4.69) is 12.2 Å². The van der Waals surface area contributed by atoms with Gasteiger partial charge < -0.3 is 19.5 Å². The van der Waals surface area contributed by atoms with Crippen LogP contribution in [-0.4, -0.2) is 27.9 Å². The van der Waals surface area contributed by atoms with Gasteiger partial charge in [0, 0.05) is 18.2 Å². The Morgan fingerprint density at radius 1 is 1.05 bits per heavy atom. The maximum absolute atomic E-state index is 5.41. The second kappa shape index (κ2) is 6.15. The average Bonchev–Trinajstić information content (AvgIpc) is 3.13. The van der Waals surface area contributed by atoms with Crippen LogP contribution in [0.25, 0.3) is 0 Å². The molecule has 0 heterocycles. The third-order valence-corrected chi connectivity index (χ3v) is 3.78. The monoisotopic (exact) mass is 265 g/mol. The molecule has 0 aromatic heterocycles. The second-order valence-corrected chi connectivity index (χ2v) is 5.12. The Labute approximate surface area is 115 Å². The molecular formula is C15H23NO3. The quantitative estimate of drug-likeness (QED) is 0.822. The zero-order valence-corrected chi connectivity index (χ0v) is 12.2. The molecule has 1 aromatic rings. The molecule has 0 saturated heterocycles. The molecule has 0 radical (unpaired) electrons. The summed E-state index contributed by atoms with van der Waals surface area (Å²) >= 11 is 0. The first kappa shape index (κ1) is 14.0. The van der Waals surface area contributed by atoms with Crippen molar-refractivity contribution < 1.29 is 14.2 Å². The van der Waals surface area contributed by atoms with E-state index >= 15 is 0 Å². The number of ether oxygens (including phenoxy) is 3. The molecule has 1 aliphatic carbocycles. The highest BCUT2D eigenvalue weighted by Gasteiger charge is 2.31. The zero-order chi connectivity index (χ0) is 13.8. The van der Waals surface area contributed by atoms with E-state index in [0.717, 1.165) is 42.0 Å². The summed E-state index contributed by atoms with van der Waals surface area (Å²) in [6, 6.07) is 3.84. The summed E-state index contributed by atoms with van der Waals surface area (Å²) in [7, 11) is 4.95. The molecule has 19 heavy (non-hydrogen) atoms. The van der Waals surface area contributed by atoms with Gasteiger partial charge in [0.15, 0.2) is 11.5 Å². The van der Waals surface area contributed by atoms with Crippen LogP contribution in [-0.2, 0) is 6.54 Å². The molecule has 2 atom stereocenters. The van der Waals surface area contributed by atoms with E-state index < -0.39 is 0 Å². The summed E-state index contributed by atoms with van der Waals surface area (Å²) in [5, 5.41) is 3.48. The summed E-state index contributed by atoms with van der Waals surface area (Å²) in [6.45, 7) is 4.15. The van der Waals surface area contributed by atoms with Crippen LogP contribution in [0.2, 0.25) is 0 Å². The maximum atomic E-state index is 5.41. The van der Waals surface area contributed by atoms with Gasteiger partial charge in [0.1, 0.15) is 5.75 Å². The molecule has 1 saturated carbocycles. The Kier molecular flexibility index (Phi) is 4.53. The molecule has 0 aliphatic heterocycles. The number of nitrogens with one attached hydrogen (secondary N) is 1. The fourth-order valence-electron chi connectivity index (χ4n) is 2.31. The SMILES string of the molecule is COc1cc(OC)c(OC)cc1CNCC1CC1C. The van der Waals surface area contributed by atoms with E-state index in [1.54, 1.807) is 21.3 Å². The highest BCUT2D eigenvalue weighted by atomic mass is 16.5. The topological polar surface area (TPSA) is 39.7 Å². The standard InChI is InChI=1S/C15H23NO3/c1-10-5-11(10)8-16-9-12-6-14(18-3)15(19-4)7-13(12)17-2/h6-7,10-11,16H,5,8-9H2,1-4H3. The smallest absolute Gasteiger partial charge is 0.164 e. The van der Waals surface area contributed by atoms with Gasteiger partial charge in [-0.1, -0.05) is 6.92 Å². The lowest BCUT2D eigenvalue weighted by atomic mass is 10.1. The summed E-state index contributed by atoms with van der Waals surface area (Å²) in [5.74, 6) is 3.97. The number of benzene rings is 1. The Balaban J connectivity index is 2.04. The maximum Gasteiger partial charge on any atom is 0.164 e. The predicted molar refractivity (Wildman–Crippen MR) is 75.1 cm³/mol. The molecule has 1 N–H and O–H groups in total. The lowest BCUT2D eigenvalue weighted by Crippen LogP contribution is -2.17. The molecule has 4 nitrogen and oxygen atoms in total. The van der Waals surface area contributed by atoms with Crippen molar-refractivity contribution in [3.63, 3.8) is 0 Å². The van der Waals surface area contributed by atoms with E-state index in [0.29, 0.717) is 5.75 Å². The summed E-state index contributed by atoms with van der Waals surface area (Å²) < 4.78 is 16.0. The number of rotatable bonds is 7. The van der Waals surface area contributed by atoms with Crippen molar-refractivity contribution in [1.82, 2.24) is 5.32 Å².